The predicted molar refractivity (Wildman–Crippen MR) is 186 cm³/mol. The monoisotopic (exact) mass is 721 g/mol. The van der Waals surface area contributed by atoms with E-state index in [1.807, 2.05) is 49.4 Å². The Morgan fingerprint density at radius 3 is 2.26 bits per heavy atom. The number of benzene rings is 4. The zero-order valence-electron chi connectivity index (χ0n) is 25.6. The minimum atomic E-state index is -4.18. The van der Waals surface area contributed by atoms with Crippen LogP contribution < -0.4 is 9.62 Å². The molecule has 4 aromatic rings. The number of nitrogens with zero attached hydrogens (tertiary/aromatic N) is 2. The highest BCUT2D eigenvalue weighted by Crippen LogP contribution is 2.28. The van der Waals surface area contributed by atoms with Crippen LogP contribution in [-0.4, -0.2) is 43.8 Å². The molecule has 2 amide bonds. The van der Waals surface area contributed by atoms with E-state index in [2.05, 4.69) is 21.2 Å². The maximum Gasteiger partial charge on any atom is 0.264 e. The standard InChI is InChI=1S/C36H37BrClN3O4S/c1-26-18-20-32(21-19-26)46(44,45)41(31-16-9-13-29(37)23-31)25-35(42)40(24-28-12-5-8-17-33(28)38)34(22-27-10-3-2-4-11-27)36(43)39-30-14-6-7-15-30/h2-5,8-13,16-21,23,30,34H,6-7,14-15,22,24-25H2,1H3,(H,39,43)/t34-/m0/s1. The summed E-state index contributed by atoms with van der Waals surface area (Å²) in [6.45, 7) is 1.37. The molecule has 0 aliphatic heterocycles. The van der Waals surface area contributed by atoms with Gasteiger partial charge in [0, 0.05) is 28.5 Å². The van der Waals surface area contributed by atoms with E-state index < -0.39 is 28.5 Å². The van der Waals surface area contributed by atoms with Crippen molar-refractivity contribution in [2.24, 2.45) is 0 Å². The lowest BCUT2D eigenvalue weighted by atomic mass is 10.0. The molecule has 46 heavy (non-hydrogen) atoms. The lowest BCUT2D eigenvalue weighted by Crippen LogP contribution is -2.54. The number of aryl methyl sites for hydroxylation is 1. The van der Waals surface area contributed by atoms with Gasteiger partial charge in [0.25, 0.3) is 10.0 Å². The van der Waals surface area contributed by atoms with Gasteiger partial charge in [-0.15, -0.1) is 0 Å². The van der Waals surface area contributed by atoms with Crippen LogP contribution in [-0.2, 0) is 32.6 Å². The van der Waals surface area contributed by atoms with Gasteiger partial charge in [-0.1, -0.05) is 113 Å². The molecule has 0 unspecified atom stereocenters. The summed E-state index contributed by atoms with van der Waals surface area (Å²) >= 11 is 10.0. The Kier molecular flexibility index (Phi) is 11.2. The normalized spacial score (nSPS) is 14.1. The summed E-state index contributed by atoms with van der Waals surface area (Å²) in [6.07, 6.45) is 4.09. The molecule has 1 aliphatic rings. The lowest BCUT2D eigenvalue weighted by Gasteiger charge is -2.34. The molecule has 5 rings (SSSR count). The molecule has 0 spiro atoms. The second-order valence-corrected chi connectivity index (χ2v) is 14.8. The lowest BCUT2D eigenvalue weighted by molar-refractivity contribution is -0.140. The third kappa shape index (κ3) is 8.37. The van der Waals surface area contributed by atoms with E-state index in [-0.39, 0.29) is 29.8 Å². The molecule has 1 atom stereocenters. The number of nitrogens with one attached hydrogen (secondary N) is 1. The first-order valence-electron chi connectivity index (χ1n) is 15.3. The number of amides is 2. The fraction of sp³-hybridized carbons (Fsp3) is 0.278. The molecule has 1 fully saturated rings. The number of anilines is 1. The van der Waals surface area contributed by atoms with Crippen molar-refractivity contribution in [3.05, 3.63) is 129 Å². The highest BCUT2D eigenvalue weighted by molar-refractivity contribution is 9.10. The molecule has 1 saturated carbocycles. The first-order valence-corrected chi connectivity index (χ1v) is 17.9. The molecule has 10 heteroatoms. The van der Waals surface area contributed by atoms with Crippen molar-refractivity contribution in [2.45, 2.75) is 62.6 Å². The average Bonchev–Trinajstić information content (AvgIpc) is 3.56. The van der Waals surface area contributed by atoms with Crippen molar-refractivity contribution in [1.29, 1.82) is 0 Å². The van der Waals surface area contributed by atoms with Gasteiger partial charge in [-0.05, 0) is 67.3 Å². The number of rotatable bonds is 12. The molecule has 0 aromatic heterocycles. The van der Waals surface area contributed by atoms with Crippen LogP contribution in [0.2, 0.25) is 5.02 Å². The zero-order chi connectivity index (χ0) is 32.7. The number of hydrogen-bond acceptors (Lipinski definition) is 4. The Morgan fingerprint density at radius 2 is 1.59 bits per heavy atom. The molecule has 240 valence electrons. The van der Waals surface area contributed by atoms with Crippen LogP contribution in [0.4, 0.5) is 5.69 Å². The van der Waals surface area contributed by atoms with Crippen LogP contribution in [0.15, 0.2) is 112 Å². The van der Waals surface area contributed by atoms with Crippen molar-refractivity contribution in [3.63, 3.8) is 0 Å². The van der Waals surface area contributed by atoms with Crippen LogP contribution in [0.25, 0.3) is 0 Å². The molecular weight excluding hydrogens is 686 g/mol. The molecule has 7 nitrogen and oxygen atoms in total. The van der Waals surface area contributed by atoms with Crippen molar-refractivity contribution in [1.82, 2.24) is 10.2 Å². The topological polar surface area (TPSA) is 86.8 Å². The summed E-state index contributed by atoms with van der Waals surface area (Å²) in [7, 11) is -4.18. The van der Waals surface area contributed by atoms with Crippen molar-refractivity contribution >= 4 is 55.1 Å². The zero-order valence-corrected chi connectivity index (χ0v) is 28.8. The maximum absolute atomic E-state index is 14.6. The van der Waals surface area contributed by atoms with Gasteiger partial charge in [-0.3, -0.25) is 13.9 Å². The van der Waals surface area contributed by atoms with Crippen molar-refractivity contribution < 1.29 is 18.0 Å². The third-order valence-corrected chi connectivity index (χ3v) is 10.9. The Labute approximate surface area is 284 Å². The molecule has 0 heterocycles. The molecular formula is C36H37BrClN3O4S. The summed E-state index contributed by atoms with van der Waals surface area (Å²) < 4.78 is 30.2. The molecule has 1 N–H and O–H groups in total. The van der Waals surface area contributed by atoms with E-state index in [9.17, 15) is 18.0 Å². The number of hydrogen-bond donors (Lipinski definition) is 1. The van der Waals surface area contributed by atoms with Gasteiger partial charge in [-0.25, -0.2) is 8.42 Å². The summed E-state index contributed by atoms with van der Waals surface area (Å²) in [5.74, 6) is -0.801. The van der Waals surface area contributed by atoms with Gasteiger partial charge < -0.3 is 10.2 Å². The van der Waals surface area contributed by atoms with E-state index in [4.69, 9.17) is 11.6 Å². The number of halogens is 2. The smallest absolute Gasteiger partial charge is 0.264 e. The van der Waals surface area contributed by atoms with Gasteiger partial charge in [0.05, 0.1) is 10.6 Å². The Morgan fingerprint density at radius 1 is 0.913 bits per heavy atom. The molecule has 4 aromatic carbocycles. The van der Waals surface area contributed by atoms with Gasteiger partial charge >= 0.3 is 0 Å². The fourth-order valence-electron chi connectivity index (χ4n) is 5.73. The third-order valence-electron chi connectivity index (χ3n) is 8.26. The number of sulfonamides is 1. The van der Waals surface area contributed by atoms with E-state index >= 15 is 0 Å². The summed E-state index contributed by atoms with van der Waals surface area (Å²) in [5, 5.41) is 3.64. The maximum atomic E-state index is 14.6. The van der Waals surface area contributed by atoms with Crippen LogP contribution in [0.1, 0.15) is 42.4 Å². The minimum Gasteiger partial charge on any atom is -0.352 e. The van der Waals surface area contributed by atoms with Crippen LogP contribution >= 0.6 is 27.5 Å². The second-order valence-electron chi connectivity index (χ2n) is 11.6. The first kappa shape index (κ1) is 33.7. The number of carbonyl (C=O) groups is 2. The van der Waals surface area contributed by atoms with Gasteiger partial charge in [0.2, 0.25) is 11.8 Å². The fourth-order valence-corrected chi connectivity index (χ4v) is 7.72. The van der Waals surface area contributed by atoms with E-state index in [0.29, 0.717) is 20.7 Å². The highest BCUT2D eigenvalue weighted by Gasteiger charge is 2.35. The quantitative estimate of drug-likeness (QED) is 0.166. The largest absolute Gasteiger partial charge is 0.352 e. The van der Waals surface area contributed by atoms with Gasteiger partial charge in [-0.2, -0.15) is 0 Å². The van der Waals surface area contributed by atoms with Crippen molar-refractivity contribution in [2.75, 3.05) is 10.8 Å². The summed E-state index contributed by atoms with van der Waals surface area (Å²) in [5.41, 5.74) is 2.75. The van der Waals surface area contributed by atoms with Crippen LogP contribution in [0.3, 0.4) is 0 Å². The van der Waals surface area contributed by atoms with E-state index in [1.165, 1.54) is 17.0 Å². The predicted octanol–water partition coefficient (Wildman–Crippen LogP) is 7.31. The summed E-state index contributed by atoms with van der Waals surface area (Å²) in [6, 6.07) is 29.1. The Bertz CT molecular complexity index is 1760. The molecule has 1 aliphatic carbocycles. The molecule has 0 radical (unpaired) electrons. The summed E-state index contributed by atoms with van der Waals surface area (Å²) in [4.78, 5) is 30.3. The van der Waals surface area contributed by atoms with E-state index in [1.54, 1.807) is 48.5 Å². The second kappa shape index (κ2) is 15.3. The molecule has 0 bridgehead atoms. The Hall–Kier alpha value is -3.66. The SMILES string of the molecule is Cc1ccc(S(=O)(=O)N(CC(=O)N(Cc2ccccc2Cl)[C@@H](Cc2ccccc2)C(=O)NC2CCCC2)c2cccc(Br)c2)cc1. The van der Waals surface area contributed by atoms with E-state index in [0.717, 1.165) is 41.1 Å². The first-order chi connectivity index (χ1) is 22.1. The van der Waals surface area contributed by atoms with Crippen LogP contribution in [0, 0.1) is 6.92 Å². The highest BCUT2D eigenvalue weighted by atomic mass is 79.9. The number of carbonyl (C=O) groups excluding carboxylic acids is 2. The van der Waals surface area contributed by atoms with Crippen molar-refractivity contribution in [3.8, 4) is 0 Å². The molecule has 0 saturated heterocycles. The van der Waals surface area contributed by atoms with Gasteiger partial charge in [0.15, 0.2) is 0 Å². The average molecular weight is 723 g/mol. The van der Waals surface area contributed by atoms with Crippen LogP contribution in [0.5, 0.6) is 0 Å². The Balaban J connectivity index is 1.57. The van der Waals surface area contributed by atoms with Gasteiger partial charge in [0.1, 0.15) is 12.6 Å². The minimum absolute atomic E-state index is 0.0188.